The Morgan fingerprint density at radius 1 is 0.941 bits per heavy atom. The number of aryl methyl sites for hydroxylation is 1. The molecule has 0 amide bonds. The van der Waals surface area contributed by atoms with E-state index >= 15 is 0 Å². The highest BCUT2D eigenvalue weighted by atomic mass is 19.1. The molecule has 0 atom stereocenters. The molecule has 0 aliphatic heterocycles. The van der Waals surface area contributed by atoms with E-state index in [9.17, 15) is 8.78 Å². The van der Waals surface area contributed by atoms with Gasteiger partial charge < -0.3 is 0 Å². The Kier molecular flexibility index (Phi) is 3.28. The average Bonchev–Trinajstić information content (AvgIpc) is 2.27. The third-order valence-electron chi connectivity index (χ3n) is 2.28. The summed E-state index contributed by atoms with van der Waals surface area (Å²) in [5.41, 5.74) is 2.30. The van der Waals surface area contributed by atoms with E-state index in [0.717, 1.165) is 17.3 Å². The normalized spacial score (nSPS) is 11.0. The summed E-state index contributed by atoms with van der Waals surface area (Å²) in [6, 6.07) is 10.9. The van der Waals surface area contributed by atoms with Gasteiger partial charge in [-0.3, -0.25) is 4.99 Å². The monoisotopic (exact) mass is 231 g/mol. The lowest BCUT2D eigenvalue weighted by molar-refractivity contribution is 0.583. The van der Waals surface area contributed by atoms with Crippen LogP contribution in [0.3, 0.4) is 0 Å². The van der Waals surface area contributed by atoms with Crippen LogP contribution in [0.15, 0.2) is 47.5 Å². The molecule has 2 aromatic rings. The molecule has 0 N–H and O–H groups in total. The zero-order valence-electron chi connectivity index (χ0n) is 9.32. The summed E-state index contributed by atoms with van der Waals surface area (Å²) < 4.78 is 25.8. The molecule has 0 radical (unpaired) electrons. The zero-order valence-corrected chi connectivity index (χ0v) is 9.32. The summed E-state index contributed by atoms with van der Waals surface area (Å²) in [6.45, 7) is 1.98. The Morgan fingerprint density at radius 2 is 1.53 bits per heavy atom. The van der Waals surface area contributed by atoms with Gasteiger partial charge in [0.2, 0.25) is 0 Å². The van der Waals surface area contributed by atoms with Crippen molar-refractivity contribution in [3.05, 3.63) is 65.2 Å². The van der Waals surface area contributed by atoms with Crippen molar-refractivity contribution >= 4 is 11.9 Å². The number of rotatable bonds is 2. The summed E-state index contributed by atoms with van der Waals surface area (Å²) in [7, 11) is 0. The van der Waals surface area contributed by atoms with Crippen molar-refractivity contribution in [2.75, 3.05) is 0 Å². The first kappa shape index (κ1) is 11.5. The van der Waals surface area contributed by atoms with Gasteiger partial charge in [-0.2, -0.15) is 0 Å². The predicted molar refractivity (Wildman–Crippen MR) is 64.8 cm³/mol. The van der Waals surface area contributed by atoms with Gasteiger partial charge in [-0.15, -0.1) is 0 Å². The van der Waals surface area contributed by atoms with E-state index in [1.807, 2.05) is 31.2 Å². The van der Waals surface area contributed by atoms with Crippen molar-refractivity contribution in [2.45, 2.75) is 6.92 Å². The Labute approximate surface area is 98.4 Å². The predicted octanol–water partition coefficient (Wildman–Crippen LogP) is 4.02. The maximum Gasteiger partial charge on any atom is 0.126 e. The van der Waals surface area contributed by atoms with Gasteiger partial charge >= 0.3 is 0 Å². The van der Waals surface area contributed by atoms with Crippen LogP contribution in [-0.4, -0.2) is 6.21 Å². The third kappa shape index (κ3) is 3.21. The molecule has 2 rings (SSSR count). The first-order valence-electron chi connectivity index (χ1n) is 5.20. The van der Waals surface area contributed by atoms with Crippen LogP contribution in [0.5, 0.6) is 0 Å². The largest absolute Gasteiger partial charge is 0.256 e. The fraction of sp³-hybridized carbons (Fsp3) is 0.0714. The highest BCUT2D eigenvalue weighted by Gasteiger charge is 1.97. The summed E-state index contributed by atoms with van der Waals surface area (Å²) in [5.74, 6) is -1.20. The topological polar surface area (TPSA) is 12.4 Å². The standard InChI is InChI=1S/C14H11F2N/c1-10-2-4-14(5-3-10)17-9-11-6-12(15)8-13(16)7-11/h2-9H,1H3. The maximum absolute atomic E-state index is 12.9. The molecule has 0 fully saturated rings. The second kappa shape index (κ2) is 4.87. The van der Waals surface area contributed by atoms with E-state index in [1.165, 1.54) is 18.3 Å². The van der Waals surface area contributed by atoms with Crippen LogP contribution in [0.2, 0.25) is 0 Å². The van der Waals surface area contributed by atoms with Crippen molar-refractivity contribution in [1.82, 2.24) is 0 Å². The lowest BCUT2D eigenvalue weighted by atomic mass is 10.2. The summed E-state index contributed by atoms with van der Waals surface area (Å²) >= 11 is 0. The number of nitrogens with zero attached hydrogens (tertiary/aromatic N) is 1. The molecule has 1 nitrogen and oxygen atoms in total. The summed E-state index contributed by atoms with van der Waals surface area (Å²) in [4.78, 5) is 4.14. The summed E-state index contributed by atoms with van der Waals surface area (Å²) in [6.07, 6.45) is 1.44. The molecule has 17 heavy (non-hydrogen) atoms. The number of halogens is 2. The SMILES string of the molecule is Cc1ccc(N=Cc2cc(F)cc(F)c2)cc1. The molecule has 0 heterocycles. The Hall–Kier alpha value is -2.03. The minimum atomic E-state index is -0.602. The number of benzene rings is 2. The van der Waals surface area contributed by atoms with Crippen molar-refractivity contribution in [3.8, 4) is 0 Å². The smallest absolute Gasteiger partial charge is 0.126 e. The number of aliphatic imine (C=N–C) groups is 1. The molecule has 0 aliphatic rings. The lowest BCUT2D eigenvalue weighted by Gasteiger charge is -1.96. The van der Waals surface area contributed by atoms with Crippen LogP contribution in [0.25, 0.3) is 0 Å². The van der Waals surface area contributed by atoms with E-state index in [-0.39, 0.29) is 0 Å². The molecule has 0 spiro atoms. The number of hydrogen-bond acceptors (Lipinski definition) is 1. The first-order chi connectivity index (χ1) is 8.13. The van der Waals surface area contributed by atoms with Gasteiger partial charge in [-0.05, 0) is 36.8 Å². The summed E-state index contributed by atoms with van der Waals surface area (Å²) in [5, 5.41) is 0. The minimum Gasteiger partial charge on any atom is -0.256 e. The first-order valence-corrected chi connectivity index (χ1v) is 5.20. The maximum atomic E-state index is 12.9. The van der Waals surface area contributed by atoms with E-state index < -0.39 is 11.6 Å². The Morgan fingerprint density at radius 3 is 2.12 bits per heavy atom. The molecule has 0 saturated carbocycles. The van der Waals surface area contributed by atoms with Crippen LogP contribution in [0.4, 0.5) is 14.5 Å². The van der Waals surface area contributed by atoms with Gasteiger partial charge in [0.05, 0.1) is 5.69 Å². The highest BCUT2D eigenvalue weighted by molar-refractivity contribution is 5.81. The third-order valence-corrected chi connectivity index (χ3v) is 2.28. The van der Waals surface area contributed by atoms with E-state index in [4.69, 9.17) is 0 Å². The van der Waals surface area contributed by atoms with Crippen molar-refractivity contribution in [3.63, 3.8) is 0 Å². The van der Waals surface area contributed by atoms with Gasteiger partial charge in [0.25, 0.3) is 0 Å². The molecule has 86 valence electrons. The van der Waals surface area contributed by atoms with Gasteiger partial charge in [0.1, 0.15) is 11.6 Å². The average molecular weight is 231 g/mol. The van der Waals surface area contributed by atoms with Crippen molar-refractivity contribution in [2.24, 2.45) is 4.99 Å². The quantitative estimate of drug-likeness (QED) is 0.692. The van der Waals surface area contributed by atoms with Gasteiger partial charge in [0, 0.05) is 12.3 Å². The molecule has 0 unspecified atom stereocenters. The van der Waals surface area contributed by atoms with Crippen LogP contribution < -0.4 is 0 Å². The lowest BCUT2D eigenvalue weighted by Crippen LogP contribution is -1.86. The van der Waals surface area contributed by atoms with E-state index in [2.05, 4.69) is 4.99 Å². The molecular weight excluding hydrogens is 220 g/mol. The van der Waals surface area contributed by atoms with Crippen molar-refractivity contribution < 1.29 is 8.78 Å². The van der Waals surface area contributed by atoms with Crippen LogP contribution >= 0.6 is 0 Å². The molecule has 0 bridgehead atoms. The fourth-order valence-corrected chi connectivity index (χ4v) is 1.43. The highest BCUT2D eigenvalue weighted by Crippen LogP contribution is 2.13. The fourth-order valence-electron chi connectivity index (χ4n) is 1.43. The minimum absolute atomic E-state index is 0.406. The van der Waals surface area contributed by atoms with Gasteiger partial charge in [0.15, 0.2) is 0 Å². The van der Waals surface area contributed by atoms with Crippen LogP contribution in [-0.2, 0) is 0 Å². The zero-order chi connectivity index (χ0) is 12.3. The van der Waals surface area contributed by atoms with E-state index in [0.29, 0.717) is 5.56 Å². The van der Waals surface area contributed by atoms with E-state index in [1.54, 1.807) is 0 Å². The van der Waals surface area contributed by atoms with Crippen LogP contribution in [0.1, 0.15) is 11.1 Å². The molecular formula is C14H11F2N. The van der Waals surface area contributed by atoms with Crippen LogP contribution in [0, 0.1) is 18.6 Å². The number of hydrogen-bond donors (Lipinski definition) is 0. The molecule has 0 saturated heterocycles. The molecule has 0 aromatic heterocycles. The van der Waals surface area contributed by atoms with Gasteiger partial charge in [-0.25, -0.2) is 8.78 Å². The second-order valence-corrected chi connectivity index (χ2v) is 3.80. The second-order valence-electron chi connectivity index (χ2n) is 3.80. The molecule has 2 aromatic carbocycles. The Balaban J connectivity index is 2.22. The Bertz CT molecular complexity index is 524. The molecule has 3 heteroatoms. The van der Waals surface area contributed by atoms with Crippen molar-refractivity contribution in [1.29, 1.82) is 0 Å². The molecule has 0 aliphatic carbocycles. The van der Waals surface area contributed by atoms with Gasteiger partial charge in [-0.1, -0.05) is 17.7 Å².